The fourth-order valence-electron chi connectivity index (χ4n) is 4.01. The van der Waals surface area contributed by atoms with Gasteiger partial charge in [0.2, 0.25) is 0 Å². The normalized spacial score (nSPS) is 15.0. The maximum Gasteiger partial charge on any atom is 0.499 e. The highest BCUT2D eigenvalue weighted by Gasteiger charge is 2.61. The number of para-hydroxylation sites is 2. The van der Waals surface area contributed by atoms with Gasteiger partial charge in [0.25, 0.3) is 5.91 Å². The third-order valence-corrected chi connectivity index (χ3v) is 5.94. The Morgan fingerprint density at radius 3 is 2.35 bits per heavy atom. The lowest BCUT2D eigenvalue weighted by Gasteiger charge is -2.37. The number of halogens is 5. The molecule has 7 nitrogen and oxygen atoms in total. The third kappa shape index (κ3) is 6.37. The highest BCUT2D eigenvalue weighted by atomic mass is 19.4. The van der Waals surface area contributed by atoms with Crippen LogP contribution in [0.3, 0.4) is 0 Å². The number of carbonyl (C=O) groups is 1. The van der Waals surface area contributed by atoms with Crippen molar-refractivity contribution in [1.29, 1.82) is 0 Å². The van der Waals surface area contributed by atoms with E-state index in [9.17, 15) is 26.7 Å². The zero-order valence-corrected chi connectivity index (χ0v) is 19.7. The Morgan fingerprint density at radius 2 is 1.65 bits per heavy atom. The smallest absolute Gasteiger partial charge is 0.424 e. The number of nitrogens with zero attached hydrogens (tertiary/aromatic N) is 3. The van der Waals surface area contributed by atoms with E-state index < -0.39 is 18.0 Å². The van der Waals surface area contributed by atoms with Crippen molar-refractivity contribution in [3.05, 3.63) is 66.4 Å². The Kier molecular flexibility index (Phi) is 7.96. The summed E-state index contributed by atoms with van der Waals surface area (Å²) in [5, 5.41) is 6.78. The van der Waals surface area contributed by atoms with Crippen molar-refractivity contribution in [2.45, 2.75) is 18.7 Å². The summed E-state index contributed by atoms with van der Waals surface area (Å²) in [5.41, 5.74) is 1.76. The van der Waals surface area contributed by atoms with E-state index in [1.165, 1.54) is 18.4 Å². The number of alkyl halides is 5. The van der Waals surface area contributed by atoms with Crippen LogP contribution in [0, 0.1) is 0 Å². The molecule has 2 heterocycles. The zero-order chi connectivity index (χ0) is 26.5. The van der Waals surface area contributed by atoms with Crippen LogP contribution >= 0.6 is 0 Å². The number of aromatic nitrogens is 1. The first-order valence-electron chi connectivity index (χ1n) is 11.6. The molecule has 0 bridgehead atoms. The van der Waals surface area contributed by atoms with Crippen molar-refractivity contribution in [1.82, 2.24) is 15.4 Å². The molecular weight excluding hydrogens is 499 g/mol. The number of anilines is 1. The first-order valence-corrected chi connectivity index (χ1v) is 11.6. The summed E-state index contributed by atoms with van der Waals surface area (Å²) in [6.07, 6.45) is -9.13. The van der Waals surface area contributed by atoms with Crippen molar-refractivity contribution in [2.24, 2.45) is 0 Å². The topological polar surface area (TPSA) is 70.8 Å². The number of ether oxygens (including phenoxy) is 1. The average molecular weight is 524 g/mol. The number of benzene rings is 2. The van der Waals surface area contributed by atoms with Crippen LogP contribution in [-0.2, 0) is 0 Å². The Labute approximate surface area is 209 Å². The standard InChI is InChI=1S/C25H25F5N4O3/c26-24(27,28)25(29,30)37-21-10-5-4-9-20(21)34-15-13-33(14-16-34)12-6-11-31-23(35)19-17-36-32-22(19)18-7-2-1-3-8-18/h1-5,7-10,17H,6,11-16H2,(H,31,35). The van der Waals surface area contributed by atoms with Crippen LogP contribution in [0.15, 0.2) is 65.4 Å². The lowest BCUT2D eigenvalue weighted by molar-refractivity contribution is -0.360. The molecule has 198 valence electrons. The summed E-state index contributed by atoms with van der Waals surface area (Å²) in [5.74, 6) is -0.818. The van der Waals surface area contributed by atoms with E-state index in [0.29, 0.717) is 56.9 Å². The van der Waals surface area contributed by atoms with Crippen LogP contribution in [-0.4, -0.2) is 67.5 Å². The molecule has 3 aromatic rings. The van der Waals surface area contributed by atoms with Crippen LogP contribution in [0.5, 0.6) is 5.75 Å². The molecule has 1 aromatic heterocycles. The molecule has 12 heteroatoms. The minimum absolute atomic E-state index is 0.182. The summed E-state index contributed by atoms with van der Waals surface area (Å²) in [7, 11) is 0. The zero-order valence-electron chi connectivity index (χ0n) is 19.7. The van der Waals surface area contributed by atoms with Crippen LogP contribution in [0.1, 0.15) is 16.8 Å². The van der Waals surface area contributed by atoms with Crippen molar-refractivity contribution in [3.8, 4) is 17.0 Å². The second-order valence-electron chi connectivity index (χ2n) is 8.47. The predicted octanol–water partition coefficient (Wildman–Crippen LogP) is 4.82. The van der Waals surface area contributed by atoms with Crippen molar-refractivity contribution in [2.75, 3.05) is 44.2 Å². The fourth-order valence-corrected chi connectivity index (χ4v) is 4.01. The van der Waals surface area contributed by atoms with Gasteiger partial charge in [0, 0.05) is 38.3 Å². The van der Waals surface area contributed by atoms with Crippen molar-refractivity contribution in [3.63, 3.8) is 0 Å². The number of amides is 1. The molecule has 1 saturated heterocycles. The largest absolute Gasteiger partial charge is 0.499 e. The van der Waals surface area contributed by atoms with Gasteiger partial charge in [-0.1, -0.05) is 47.6 Å². The number of hydrogen-bond donors (Lipinski definition) is 1. The number of piperazine rings is 1. The molecule has 0 radical (unpaired) electrons. The highest BCUT2D eigenvalue weighted by Crippen LogP contribution is 2.40. The van der Waals surface area contributed by atoms with Gasteiger partial charge in [-0.2, -0.15) is 22.0 Å². The number of nitrogens with one attached hydrogen (secondary N) is 1. The predicted molar refractivity (Wildman–Crippen MR) is 126 cm³/mol. The number of carbonyl (C=O) groups excluding carboxylic acids is 1. The van der Waals surface area contributed by atoms with Gasteiger partial charge in [0.1, 0.15) is 23.3 Å². The van der Waals surface area contributed by atoms with E-state index in [0.717, 1.165) is 11.6 Å². The van der Waals surface area contributed by atoms with Gasteiger partial charge >= 0.3 is 12.3 Å². The minimum Gasteiger partial charge on any atom is -0.424 e. The van der Waals surface area contributed by atoms with Crippen molar-refractivity contribution >= 4 is 11.6 Å². The molecule has 0 atom stereocenters. The molecule has 0 aliphatic carbocycles. The van der Waals surface area contributed by atoms with Crippen LogP contribution in [0.25, 0.3) is 11.3 Å². The van der Waals surface area contributed by atoms with Gasteiger partial charge in [-0.15, -0.1) is 0 Å². The molecular formula is C25H25F5N4O3. The average Bonchev–Trinajstić information content (AvgIpc) is 3.37. The van der Waals surface area contributed by atoms with Gasteiger partial charge in [0.15, 0.2) is 0 Å². The highest BCUT2D eigenvalue weighted by molar-refractivity contribution is 5.99. The summed E-state index contributed by atoms with van der Waals surface area (Å²) >= 11 is 0. The number of rotatable bonds is 9. The van der Waals surface area contributed by atoms with Gasteiger partial charge in [-0.3, -0.25) is 9.69 Å². The lowest BCUT2D eigenvalue weighted by Crippen LogP contribution is -2.47. The van der Waals surface area contributed by atoms with E-state index in [1.807, 2.05) is 30.3 Å². The lowest BCUT2D eigenvalue weighted by atomic mass is 10.1. The second kappa shape index (κ2) is 11.2. The second-order valence-corrected chi connectivity index (χ2v) is 8.47. The number of hydrogen-bond acceptors (Lipinski definition) is 6. The summed E-state index contributed by atoms with van der Waals surface area (Å²) in [6, 6.07) is 14.7. The fraction of sp³-hybridized carbons (Fsp3) is 0.360. The van der Waals surface area contributed by atoms with Crippen molar-refractivity contribution < 1.29 is 36.0 Å². The molecule has 2 aromatic carbocycles. The molecule has 0 unspecified atom stereocenters. The Bertz CT molecular complexity index is 1180. The van der Waals surface area contributed by atoms with Gasteiger partial charge in [-0.05, 0) is 25.1 Å². The molecule has 0 saturated carbocycles. The van der Waals surface area contributed by atoms with Gasteiger partial charge < -0.3 is 19.5 Å². The first kappa shape index (κ1) is 26.4. The monoisotopic (exact) mass is 524 g/mol. The van der Waals surface area contributed by atoms with E-state index in [-0.39, 0.29) is 11.6 Å². The minimum atomic E-state index is -5.81. The molecule has 37 heavy (non-hydrogen) atoms. The molecule has 4 rings (SSSR count). The molecule has 1 amide bonds. The van der Waals surface area contributed by atoms with E-state index in [2.05, 4.69) is 20.1 Å². The molecule has 1 N–H and O–H groups in total. The summed E-state index contributed by atoms with van der Waals surface area (Å²) in [6.45, 7) is 3.08. The van der Waals surface area contributed by atoms with Gasteiger partial charge in [-0.25, -0.2) is 0 Å². The molecule has 1 aliphatic heterocycles. The Morgan fingerprint density at radius 1 is 0.973 bits per heavy atom. The third-order valence-electron chi connectivity index (χ3n) is 5.94. The van der Waals surface area contributed by atoms with Gasteiger partial charge in [0.05, 0.1) is 5.69 Å². The molecule has 1 fully saturated rings. The molecule has 1 aliphatic rings. The molecule has 0 spiro atoms. The maximum absolute atomic E-state index is 13.4. The first-order chi connectivity index (χ1) is 17.7. The maximum atomic E-state index is 13.4. The Balaban J connectivity index is 1.24. The van der Waals surface area contributed by atoms with Crippen LogP contribution in [0.2, 0.25) is 0 Å². The summed E-state index contributed by atoms with van der Waals surface area (Å²) in [4.78, 5) is 16.4. The van der Waals surface area contributed by atoms with E-state index >= 15 is 0 Å². The van der Waals surface area contributed by atoms with Crippen LogP contribution < -0.4 is 15.0 Å². The van der Waals surface area contributed by atoms with E-state index in [4.69, 9.17) is 4.52 Å². The SMILES string of the molecule is O=C(NCCCN1CCN(c2ccccc2OC(F)(F)C(F)(F)F)CC1)c1conc1-c1ccccc1. The Hall–Kier alpha value is -3.67. The quantitative estimate of drug-likeness (QED) is 0.320. The van der Waals surface area contributed by atoms with E-state index in [1.54, 1.807) is 11.0 Å². The van der Waals surface area contributed by atoms with Crippen LogP contribution in [0.4, 0.5) is 27.6 Å². The summed E-state index contributed by atoms with van der Waals surface area (Å²) < 4.78 is 73.7.